The number of aryl methyl sites for hydroxylation is 1. The van der Waals surface area contributed by atoms with Crippen LogP contribution in [0.5, 0.6) is 5.88 Å². The van der Waals surface area contributed by atoms with E-state index in [1.165, 1.54) is 12.8 Å². The maximum Gasteiger partial charge on any atom is 0.434 e. The molecule has 3 rings (SSSR count). The van der Waals surface area contributed by atoms with Crippen molar-refractivity contribution in [3.05, 3.63) is 41.8 Å². The molecular weight excluding hydrogens is 481 g/mol. The van der Waals surface area contributed by atoms with Crippen LogP contribution in [0.25, 0.3) is 0 Å². The van der Waals surface area contributed by atoms with Crippen LogP contribution in [0.3, 0.4) is 0 Å². The molecule has 0 bridgehead atoms. The van der Waals surface area contributed by atoms with Gasteiger partial charge in [-0.15, -0.1) is 0 Å². The molecule has 0 saturated heterocycles. The largest absolute Gasteiger partial charge is 0.475 e. The summed E-state index contributed by atoms with van der Waals surface area (Å²) in [6.45, 7) is 18.3. The zero-order chi connectivity index (χ0) is 27.6. The summed E-state index contributed by atoms with van der Waals surface area (Å²) < 4.78 is 44.2. The number of nitrogens with one attached hydrogen (secondary N) is 1. The van der Waals surface area contributed by atoms with E-state index in [0.717, 1.165) is 49.5 Å². The van der Waals surface area contributed by atoms with Gasteiger partial charge in [-0.25, -0.2) is 9.97 Å². The number of aromatic nitrogens is 4. The number of rotatable bonds is 9. The molecule has 0 aliphatic carbocycles. The minimum Gasteiger partial charge on any atom is -0.475 e. The molecular formula is C27H41F3N6O. The zero-order valence-electron chi connectivity index (χ0n) is 23.0. The fourth-order valence-corrected chi connectivity index (χ4v) is 3.58. The Kier molecular flexibility index (Phi) is 11.1. The highest BCUT2D eigenvalue weighted by atomic mass is 19.4. The van der Waals surface area contributed by atoms with E-state index in [0.29, 0.717) is 36.4 Å². The standard InChI is InChI=1S/C23H31F3N6O.C4H10/c1-6-10-33-21-19(29-15(2)11-22(3,4)5)30-17-8-7-9-32(20(17)31-21)14-16-12-28-18(13-27-16)23(24,25)26;1-3-4-2/h12-13H,2,6-11,14H2,1,3-5H3,(H,29,30);3-4H2,1-2H3. The summed E-state index contributed by atoms with van der Waals surface area (Å²) >= 11 is 0. The number of unbranched alkanes of at least 4 members (excludes halogenated alkanes) is 1. The zero-order valence-corrected chi connectivity index (χ0v) is 23.0. The van der Waals surface area contributed by atoms with E-state index < -0.39 is 11.9 Å². The van der Waals surface area contributed by atoms with E-state index in [-0.39, 0.29) is 12.0 Å². The lowest BCUT2D eigenvalue weighted by molar-refractivity contribution is -0.141. The maximum atomic E-state index is 12.8. The molecule has 206 valence electrons. The van der Waals surface area contributed by atoms with Gasteiger partial charge in [0.05, 0.1) is 36.9 Å². The molecule has 0 unspecified atom stereocenters. The van der Waals surface area contributed by atoms with Gasteiger partial charge in [0.1, 0.15) is 0 Å². The smallest absolute Gasteiger partial charge is 0.434 e. The quantitative estimate of drug-likeness (QED) is 0.373. The first-order valence-electron chi connectivity index (χ1n) is 13.0. The van der Waals surface area contributed by atoms with Gasteiger partial charge in [-0.1, -0.05) is 61.0 Å². The van der Waals surface area contributed by atoms with Crippen molar-refractivity contribution >= 4 is 11.6 Å². The van der Waals surface area contributed by atoms with Gasteiger partial charge < -0.3 is 15.0 Å². The minimum atomic E-state index is -4.51. The SMILES string of the molecule is C=C(CC(C)(C)C)Nc1nc2c(nc1OCCC)N(Cc1cnc(C(F)(F)F)cn1)CCC2.CCCC. The first kappa shape index (κ1) is 30.3. The van der Waals surface area contributed by atoms with Crippen LogP contribution in [0.1, 0.15) is 90.7 Å². The topological polar surface area (TPSA) is 76.1 Å². The number of nitrogens with zero attached hydrogens (tertiary/aromatic N) is 5. The third-order valence-corrected chi connectivity index (χ3v) is 5.39. The molecule has 1 aliphatic rings. The predicted octanol–water partition coefficient (Wildman–Crippen LogP) is 7.20. The van der Waals surface area contributed by atoms with E-state index in [1.807, 2.05) is 11.8 Å². The highest BCUT2D eigenvalue weighted by molar-refractivity contribution is 5.58. The van der Waals surface area contributed by atoms with Gasteiger partial charge in [0.15, 0.2) is 17.3 Å². The summed E-state index contributed by atoms with van der Waals surface area (Å²) in [7, 11) is 0. The Hall–Kier alpha value is -2.91. The van der Waals surface area contributed by atoms with Gasteiger partial charge in [0, 0.05) is 12.2 Å². The summed E-state index contributed by atoms with van der Waals surface area (Å²) in [5.41, 5.74) is 1.11. The molecule has 0 radical (unpaired) electrons. The van der Waals surface area contributed by atoms with Crippen LogP contribution in [0, 0.1) is 5.41 Å². The average Bonchev–Trinajstić information content (AvgIpc) is 2.81. The molecule has 0 fully saturated rings. The fraction of sp³-hybridized carbons (Fsp3) is 0.630. The normalized spacial score (nSPS) is 13.4. The van der Waals surface area contributed by atoms with Crippen molar-refractivity contribution < 1.29 is 17.9 Å². The second-order valence-electron chi connectivity index (χ2n) is 10.4. The third kappa shape index (κ3) is 9.81. The lowest BCUT2D eigenvalue weighted by Crippen LogP contribution is -2.31. The number of ether oxygens (including phenoxy) is 1. The molecule has 0 saturated carbocycles. The molecule has 2 aromatic rings. The summed E-state index contributed by atoms with van der Waals surface area (Å²) in [5.74, 6) is 1.57. The Morgan fingerprint density at radius 1 is 1.05 bits per heavy atom. The lowest BCUT2D eigenvalue weighted by atomic mass is 9.91. The second-order valence-corrected chi connectivity index (χ2v) is 10.4. The Morgan fingerprint density at radius 3 is 2.30 bits per heavy atom. The van der Waals surface area contributed by atoms with E-state index in [4.69, 9.17) is 14.7 Å². The molecule has 0 aromatic carbocycles. The molecule has 1 aliphatic heterocycles. The van der Waals surface area contributed by atoms with E-state index in [9.17, 15) is 13.2 Å². The first-order chi connectivity index (χ1) is 17.4. The molecule has 7 nitrogen and oxygen atoms in total. The molecule has 0 amide bonds. The molecule has 0 spiro atoms. The molecule has 3 heterocycles. The number of hydrogen-bond acceptors (Lipinski definition) is 7. The van der Waals surface area contributed by atoms with Gasteiger partial charge in [0.2, 0.25) is 0 Å². The number of allylic oxidation sites excluding steroid dienone is 1. The Morgan fingerprint density at radius 2 is 1.76 bits per heavy atom. The summed E-state index contributed by atoms with van der Waals surface area (Å²) in [6, 6.07) is 0. The van der Waals surface area contributed by atoms with Gasteiger partial charge >= 0.3 is 6.18 Å². The molecule has 1 N–H and O–H groups in total. The van der Waals surface area contributed by atoms with Crippen LogP contribution in [-0.2, 0) is 19.1 Å². The molecule has 10 heteroatoms. The summed E-state index contributed by atoms with van der Waals surface area (Å²) in [4.78, 5) is 18.9. The van der Waals surface area contributed by atoms with Crippen LogP contribution < -0.4 is 15.0 Å². The van der Waals surface area contributed by atoms with Crippen molar-refractivity contribution in [2.24, 2.45) is 5.41 Å². The lowest BCUT2D eigenvalue weighted by Gasteiger charge is -2.30. The van der Waals surface area contributed by atoms with Gasteiger partial charge in [0.25, 0.3) is 5.88 Å². The number of fused-ring (bicyclic) bond motifs is 1. The summed E-state index contributed by atoms with van der Waals surface area (Å²) in [5, 5.41) is 3.27. The Labute approximate surface area is 219 Å². The van der Waals surface area contributed by atoms with Crippen molar-refractivity contribution in [1.29, 1.82) is 0 Å². The highest BCUT2D eigenvalue weighted by Crippen LogP contribution is 2.33. The number of alkyl halides is 3. The maximum absolute atomic E-state index is 12.8. The van der Waals surface area contributed by atoms with Gasteiger partial charge in [-0.05, 0) is 31.1 Å². The molecule has 0 atom stereocenters. The summed E-state index contributed by atoms with van der Waals surface area (Å²) in [6.07, 6.45) is 3.20. The van der Waals surface area contributed by atoms with E-state index >= 15 is 0 Å². The van der Waals surface area contributed by atoms with Gasteiger partial charge in [-0.2, -0.15) is 18.2 Å². The third-order valence-electron chi connectivity index (χ3n) is 5.39. The average molecular weight is 523 g/mol. The van der Waals surface area contributed by atoms with Crippen molar-refractivity contribution in [3.8, 4) is 5.88 Å². The van der Waals surface area contributed by atoms with Crippen LogP contribution in [0.15, 0.2) is 24.7 Å². The second kappa shape index (κ2) is 13.6. The van der Waals surface area contributed by atoms with Crippen LogP contribution in [0.2, 0.25) is 0 Å². The minimum absolute atomic E-state index is 0.0651. The fourth-order valence-electron chi connectivity index (χ4n) is 3.58. The molecule has 37 heavy (non-hydrogen) atoms. The van der Waals surface area contributed by atoms with Crippen LogP contribution >= 0.6 is 0 Å². The first-order valence-corrected chi connectivity index (χ1v) is 13.0. The van der Waals surface area contributed by atoms with Crippen LogP contribution in [0.4, 0.5) is 24.8 Å². The van der Waals surface area contributed by atoms with E-state index in [2.05, 4.69) is 56.5 Å². The van der Waals surface area contributed by atoms with Gasteiger partial charge in [-0.3, -0.25) is 4.98 Å². The van der Waals surface area contributed by atoms with E-state index in [1.54, 1.807) is 0 Å². The Bertz CT molecular complexity index is 1000. The van der Waals surface area contributed by atoms with Crippen molar-refractivity contribution in [2.75, 3.05) is 23.4 Å². The Balaban J connectivity index is 0.00000112. The predicted molar refractivity (Wildman–Crippen MR) is 142 cm³/mol. The number of anilines is 2. The van der Waals surface area contributed by atoms with Crippen molar-refractivity contribution in [3.63, 3.8) is 0 Å². The molecule has 2 aromatic heterocycles. The van der Waals surface area contributed by atoms with Crippen molar-refractivity contribution in [1.82, 2.24) is 19.9 Å². The van der Waals surface area contributed by atoms with Crippen LogP contribution in [-0.4, -0.2) is 33.1 Å². The number of hydrogen-bond donors (Lipinski definition) is 1. The van der Waals surface area contributed by atoms with Crippen molar-refractivity contribution in [2.45, 2.75) is 92.8 Å². The monoisotopic (exact) mass is 522 g/mol. The number of halogens is 3. The highest BCUT2D eigenvalue weighted by Gasteiger charge is 2.33.